The Kier molecular flexibility index (Phi) is 17.1. The molecule has 1 aromatic heterocycles. The van der Waals surface area contributed by atoms with Crippen molar-refractivity contribution in [1.82, 2.24) is 20.1 Å². The molecule has 0 saturated carbocycles. The zero-order chi connectivity index (χ0) is 45.0. The Morgan fingerprint density at radius 2 is 1.66 bits per heavy atom. The molecule has 1 saturated heterocycles. The maximum atomic E-state index is 15.0. The van der Waals surface area contributed by atoms with Crippen molar-refractivity contribution in [1.29, 1.82) is 0 Å². The van der Waals surface area contributed by atoms with Gasteiger partial charge in [0.25, 0.3) is 5.91 Å². The topological polar surface area (TPSA) is 145 Å². The summed E-state index contributed by atoms with van der Waals surface area (Å²) in [5.41, 5.74) is -0.120. The molecule has 0 unspecified atom stereocenters. The summed E-state index contributed by atoms with van der Waals surface area (Å²) in [6, 6.07) is 10.3. The summed E-state index contributed by atoms with van der Waals surface area (Å²) in [5.74, 6) is 5.37. The lowest BCUT2D eigenvalue weighted by Gasteiger charge is -2.33. The number of carbonyl (C=O) groups excluding carboxylic acids is 3. The number of rotatable bonds is 16. The molecule has 0 spiro atoms. The van der Waals surface area contributed by atoms with Gasteiger partial charge in [-0.15, -0.1) is 0 Å². The summed E-state index contributed by atoms with van der Waals surface area (Å²) in [6.45, 7) is 11.0. The number of hydrogen-bond acceptors (Lipinski definition) is 10. The summed E-state index contributed by atoms with van der Waals surface area (Å²) in [6.07, 6.45) is -6.57. The van der Waals surface area contributed by atoms with Crippen LogP contribution >= 0.6 is 0 Å². The third kappa shape index (κ3) is 15.6. The molecule has 3 N–H and O–H groups in total. The average molecular weight is 863 g/mol. The molecule has 0 bridgehead atoms. The van der Waals surface area contributed by atoms with E-state index < -0.39 is 54.2 Å². The molecule has 2 aromatic carbocycles. The molecule has 14 nitrogen and oxygen atoms in total. The van der Waals surface area contributed by atoms with Crippen LogP contribution in [0.5, 0.6) is 5.75 Å². The summed E-state index contributed by atoms with van der Waals surface area (Å²) in [5, 5.41) is 9.09. The summed E-state index contributed by atoms with van der Waals surface area (Å²) < 4.78 is 85.0. The van der Waals surface area contributed by atoms with Crippen LogP contribution in [0.25, 0.3) is 10.9 Å². The maximum Gasteiger partial charge on any atom is 0.415 e. The lowest BCUT2D eigenvalue weighted by molar-refractivity contribution is -0.140. The highest BCUT2D eigenvalue weighted by atomic mass is 19.4. The Morgan fingerprint density at radius 3 is 2.31 bits per heavy atom. The van der Waals surface area contributed by atoms with Gasteiger partial charge in [-0.05, 0) is 97.3 Å². The molecule has 18 heteroatoms. The van der Waals surface area contributed by atoms with E-state index in [9.17, 15) is 31.9 Å². The second kappa shape index (κ2) is 21.5. The van der Waals surface area contributed by atoms with E-state index in [1.807, 2.05) is 32.7 Å². The van der Waals surface area contributed by atoms with Crippen LogP contribution in [-0.2, 0) is 25.5 Å². The molecule has 1 aliphatic rings. The van der Waals surface area contributed by atoms with Crippen molar-refractivity contribution in [2.24, 2.45) is 0 Å². The van der Waals surface area contributed by atoms with E-state index >= 15 is 0 Å². The van der Waals surface area contributed by atoms with Gasteiger partial charge in [-0.25, -0.2) is 14.0 Å². The second-order valence-corrected chi connectivity index (χ2v) is 16.5. The molecule has 336 valence electrons. The number of amides is 3. The van der Waals surface area contributed by atoms with Crippen LogP contribution in [0, 0.1) is 11.8 Å². The largest absolute Gasteiger partial charge is 0.495 e. The molecule has 3 aromatic rings. The standard InChI is InChI=1S/C43H58F4N6O8/c1-41(2,3)50-39(55)60-24-23-59-22-21-58-20-17-48-38(54)29-14-15-36(37(25-29)57-8)52(40(56)61-42(4,5)6)18-10-11-30-26-31-33(49-34-16-19-51(7)27-32(34)44)12-9-13-35(31)53(30)28-43(45,46)47/h9,12-15,25-26,32,34,49H,16-24,27-28H2,1-8H3,(H,48,54)(H,50,55)/t32-,34+/m0/s1. The number of nitrogens with one attached hydrogen (secondary N) is 3. The van der Waals surface area contributed by atoms with E-state index in [0.717, 1.165) is 4.57 Å². The van der Waals surface area contributed by atoms with Gasteiger partial charge in [-0.1, -0.05) is 12.0 Å². The second-order valence-electron chi connectivity index (χ2n) is 16.5. The predicted octanol–water partition coefficient (Wildman–Crippen LogP) is 6.75. The third-order valence-corrected chi connectivity index (χ3v) is 9.01. The van der Waals surface area contributed by atoms with Gasteiger partial charge in [0.1, 0.15) is 30.7 Å². The third-order valence-electron chi connectivity index (χ3n) is 9.01. The van der Waals surface area contributed by atoms with Crippen LogP contribution in [0.1, 0.15) is 64.0 Å². The van der Waals surface area contributed by atoms with E-state index in [0.29, 0.717) is 24.0 Å². The first-order valence-corrected chi connectivity index (χ1v) is 20.0. The van der Waals surface area contributed by atoms with Crippen molar-refractivity contribution in [2.45, 2.75) is 84.0 Å². The van der Waals surface area contributed by atoms with Gasteiger partial charge in [0.15, 0.2) is 0 Å². The number of likely N-dealkylation sites (tertiary alicyclic amines) is 1. The van der Waals surface area contributed by atoms with E-state index in [1.54, 1.807) is 39.0 Å². The molecule has 1 fully saturated rings. The zero-order valence-corrected chi connectivity index (χ0v) is 36.1. The molecule has 61 heavy (non-hydrogen) atoms. The zero-order valence-electron chi connectivity index (χ0n) is 36.1. The highest BCUT2D eigenvalue weighted by Crippen LogP contribution is 2.33. The number of alkyl halides is 4. The summed E-state index contributed by atoms with van der Waals surface area (Å²) in [7, 11) is 3.19. The van der Waals surface area contributed by atoms with Gasteiger partial charge in [-0.2, -0.15) is 13.2 Å². The van der Waals surface area contributed by atoms with E-state index in [1.165, 1.54) is 36.3 Å². The molecule has 4 rings (SSSR count). The Labute approximate surface area is 354 Å². The number of ether oxygens (including phenoxy) is 5. The molecule has 2 heterocycles. The quantitative estimate of drug-likeness (QED) is 0.0805. The van der Waals surface area contributed by atoms with Gasteiger partial charge in [0.2, 0.25) is 0 Å². The molecule has 2 atom stereocenters. The first-order valence-electron chi connectivity index (χ1n) is 20.0. The van der Waals surface area contributed by atoms with Crippen LogP contribution in [0.3, 0.4) is 0 Å². The van der Waals surface area contributed by atoms with Gasteiger partial charge in [-0.3, -0.25) is 9.69 Å². The fraction of sp³-hybridized carbons (Fsp3) is 0.558. The number of halogens is 4. The molecule has 3 amide bonds. The van der Waals surface area contributed by atoms with Crippen molar-refractivity contribution in [2.75, 3.05) is 83.6 Å². The van der Waals surface area contributed by atoms with Gasteiger partial charge in [0.05, 0.1) is 63.0 Å². The van der Waals surface area contributed by atoms with Crippen LogP contribution < -0.4 is 25.6 Å². The number of carbonyl (C=O) groups is 3. The number of benzene rings is 2. The smallest absolute Gasteiger partial charge is 0.415 e. The van der Waals surface area contributed by atoms with E-state index in [-0.39, 0.29) is 80.9 Å². The SMILES string of the molecule is COc1cc(C(=O)NCCOCCOCCOC(=O)NC(C)(C)C)ccc1N(CC#Cc1cc2c(N[C@@H]3CCN(C)C[C@@H]3F)cccc2n1CC(F)(F)F)C(=O)OC(C)(C)C. The van der Waals surface area contributed by atoms with Gasteiger partial charge < -0.3 is 49.1 Å². The van der Waals surface area contributed by atoms with Crippen LogP contribution in [-0.4, -0.2) is 130 Å². The number of anilines is 2. The van der Waals surface area contributed by atoms with Crippen LogP contribution in [0.2, 0.25) is 0 Å². The number of nitrogens with zero attached hydrogens (tertiary/aromatic N) is 3. The minimum Gasteiger partial charge on any atom is -0.495 e. The normalized spacial score (nSPS) is 16.0. The maximum absolute atomic E-state index is 15.0. The monoisotopic (exact) mass is 862 g/mol. The lowest BCUT2D eigenvalue weighted by Crippen LogP contribution is -2.46. The minimum absolute atomic E-state index is 0.0357. The molecular formula is C43H58F4N6O8. The van der Waals surface area contributed by atoms with Crippen molar-refractivity contribution in [3.63, 3.8) is 0 Å². The number of fused-ring (bicyclic) bond motifs is 1. The minimum atomic E-state index is -4.58. The van der Waals surface area contributed by atoms with Crippen LogP contribution in [0.4, 0.5) is 38.5 Å². The number of piperidine rings is 1. The predicted molar refractivity (Wildman–Crippen MR) is 224 cm³/mol. The average Bonchev–Trinajstić information content (AvgIpc) is 3.49. The van der Waals surface area contributed by atoms with E-state index in [4.69, 9.17) is 23.7 Å². The van der Waals surface area contributed by atoms with E-state index in [2.05, 4.69) is 27.8 Å². The lowest BCUT2D eigenvalue weighted by atomic mass is 10.0. The van der Waals surface area contributed by atoms with Gasteiger partial charge >= 0.3 is 18.4 Å². The first-order chi connectivity index (χ1) is 28.6. The highest BCUT2D eigenvalue weighted by Gasteiger charge is 2.32. The number of aromatic nitrogens is 1. The van der Waals surface area contributed by atoms with Crippen molar-refractivity contribution >= 4 is 40.4 Å². The molecular weight excluding hydrogens is 804 g/mol. The number of methoxy groups -OCH3 is 1. The van der Waals surface area contributed by atoms with Crippen molar-refractivity contribution in [3.8, 4) is 17.6 Å². The highest BCUT2D eigenvalue weighted by molar-refractivity contribution is 5.97. The Hall–Kier alpha value is -5.25. The van der Waals surface area contributed by atoms with Crippen molar-refractivity contribution < 1.29 is 55.6 Å². The summed E-state index contributed by atoms with van der Waals surface area (Å²) >= 11 is 0. The van der Waals surface area contributed by atoms with Crippen LogP contribution in [0.15, 0.2) is 42.5 Å². The molecule has 1 aliphatic heterocycles. The number of hydrogen-bond donors (Lipinski definition) is 3. The number of alkyl carbamates (subject to hydrolysis) is 1. The Morgan fingerprint density at radius 1 is 0.951 bits per heavy atom. The summed E-state index contributed by atoms with van der Waals surface area (Å²) in [4.78, 5) is 41.4. The van der Waals surface area contributed by atoms with Gasteiger partial charge in [0, 0.05) is 41.8 Å². The molecule has 0 aliphatic carbocycles. The fourth-order valence-corrected chi connectivity index (χ4v) is 6.29. The first kappa shape index (κ1) is 48.4. The Balaban J connectivity index is 1.45. The van der Waals surface area contributed by atoms with Crippen molar-refractivity contribution in [3.05, 3.63) is 53.7 Å². The molecule has 0 radical (unpaired) electrons. The Bertz CT molecular complexity index is 2020. The fourth-order valence-electron chi connectivity index (χ4n) is 6.29.